The van der Waals surface area contributed by atoms with Crippen LogP contribution in [0, 0.1) is 22.7 Å². The van der Waals surface area contributed by atoms with Crippen LogP contribution in [0.15, 0.2) is 23.8 Å². The van der Waals surface area contributed by atoms with Crippen molar-refractivity contribution in [2.75, 3.05) is 0 Å². The van der Waals surface area contributed by atoms with Crippen LogP contribution in [0.2, 0.25) is 0 Å². The molecule has 0 bridgehead atoms. The summed E-state index contributed by atoms with van der Waals surface area (Å²) in [4.78, 5) is 23.6. The topological polar surface area (TPSA) is 115 Å². The zero-order chi connectivity index (χ0) is 20.0. The van der Waals surface area contributed by atoms with Gasteiger partial charge >= 0.3 is 5.97 Å². The Balaban J connectivity index is 1.85. The maximum Gasteiger partial charge on any atom is 0.339 e. The normalized spacial score (nSPS) is 54.0. The van der Waals surface area contributed by atoms with Crippen LogP contribution in [0.4, 0.5) is 4.39 Å². The molecule has 6 nitrogen and oxygen atoms in total. The molecular formula is C20H25FO6. The van der Waals surface area contributed by atoms with Crippen molar-refractivity contribution in [3.8, 4) is 0 Å². The molecule has 0 radical (unpaired) electrons. The van der Waals surface area contributed by atoms with Crippen LogP contribution in [0.1, 0.15) is 39.5 Å². The molecule has 0 heterocycles. The number of allylic oxidation sites excluding steroid dienone is 4. The first-order chi connectivity index (χ1) is 12.4. The second kappa shape index (κ2) is 5.27. The zero-order valence-corrected chi connectivity index (χ0v) is 15.4. The van der Waals surface area contributed by atoms with Crippen LogP contribution in [0.25, 0.3) is 0 Å². The van der Waals surface area contributed by atoms with Gasteiger partial charge in [0.2, 0.25) is 0 Å². The van der Waals surface area contributed by atoms with Crippen molar-refractivity contribution < 1.29 is 34.4 Å². The predicted molar refractivity (Wildman–Crippen MR) is 92.3 cm³/mol. The lowest BCUT2D eigenvalue weighted by atomic mass is 9.45. The van der Waals surface area contributed by atoms with Crippen molar-refractivity contribution in [3.63, 3.8) is 0 Å². The molecule has 4 rings (SSSR count). The number of hydrogen-bond acceptors (Lipinski definition) is 5. The molecule has 0 aliphatic heterocycles. The Labute approximate surface area is 156 Å². The highest BCUT2D eigenvalue weighted by Crippen LogP contribution is 2.69. The van der Waals surface area contributed by atoms with E-state index in [1.165, 1.54) is 25.2 Å². The first-order valence-corrected chi connectivity index (χ1v) is 9.38. The maximum absolute atomic E-state index is 16.7. The minimum Gasteiger partial charge on any atom is -0.479 e. The zero-order valence-electron chi connectivity index (χ0n) is 15.4. The Hall–Kier alpha value is -1.57. The third kappa shape index (κ3) is 1.90. The Kier molecular flexibility index (Phi) is 3.67. The fraction of sp³-hybridized carbons (Fsp3) is 0.700. The average Bonchev–Trinajstić information content (AvgIpc) is 2.79. The number of hydrogen-bond donors (Lipinski definition) is 4. The standard InChI is InChI=1S/C20H25FO6/c1-17-6-5-11(22)7-10(17)3-4-12-13-8-14(23)20(27,16(25)26)18(13,2)9-15(24)19(12,17)21/h5-7,12-15,23-24,27H,3-4,8-9H2,1-2H3,(H,25,26)/t12-,13-,14+,15-,17-,18-,19-,20-/m0/s1. The number of carboxylic acid groups (broad SMARTS) is 1. The largest absolute Gasteiger partial charge is 0.479 e. The average molecular weight is 380 g/mol. The third-order valence-electron chi connectivity index (χ3n) is 8.19. The summed E-state index contributed by atoms with van der Waals surface area (Å²) in [5.74, 6) is -3.11. The summed E-state index contributed by atoms with van der Waals surface area (Å²) in [6.45, 7) is 3.19. The summed E-state index contributed by atoms with van der Waals surface area (Å²) >= 11 is 0. The minimum atomic E-state index is -2.44. The van der Waals surface area contributed by atoms with Crippen molar-refractivity contribution >= 4 is 11.8 Å². The molecule has 3 fully saturated rings. The number of carboxylic acids is 1. The van der Waals surface area contributed by atoms with E-state index in [1.807, 2.05) is 0 Å². The number of alkyl halides is 1. The summed E-state index contributed by atoms with van der Waals surface area (Å²) in [5.41, 5.74) is -6.45. The van der Waals surface area contributed by atoms with E-state index in [1.54, 1.807) is 6.92 Å². The summed E-state index contributed by atoms with van der Waals surface area (Å²) < 4.78 is 16.7. The van der Waals surface area contributed by atoms with Gasteiger partial charge < -0.3 is 20.4 Å². The van der Waals surface area contributed by atoms with Crippen molar-refractivity contribution in [3.05, 3.63) is 23.8 Å². The van der Waals surface area contributed by atoms with E-state index in [2.05, 4.69) is 0 Å². The number of halogens is 1. The summed E-state index contributed by atoms with van der Waals surface area (Å²) in [6.07, 6.45) is 1.62. The molecule has 4 aliphatic rings. The Morgan fingerprint density at radius 3 is 2.52 bits per heavy atom. The number of carbonyl (C=O) groups is 2. The van der Waals surface area contributed by atoms with Crippen molar-refractivity contribution in [1.82, 2.24) is 0 Å². The molecule has 4 N–H and O–H groups in total. The monoisotopic (exact) mass is 380 g/mol. The highest BCUT2D eigenvalue weighted by molar-refractivity contribution is 6.01. The van der Waals surface area contributed by atoms with Crippen molar-refractivity contribution in [2.45, 2.75) is 63.0 Å². The molecule has 0 amide bonds. The minimum absolute atomic E-state index is 0.0415. The lowest BCUT2D eigenvalue weighted by molar-refractivity contribution is -0.228. The van der Waals surface area contributed by atoms with Crippen LogP contribution >= 0.6 is 0 Å². The van der Waals surface area contributed by atoms with Gasteiger partial charge in [0.25, 0.3) is 0 Å². The lowest BCUT2D eigenvalue weighted by Crippen LogP contribution is -2.69. The molecule has 148 valence electrons. The maximum atomic E-state index is 16.7. The van der Waals surface area contributed by atoms with E-state index in [4.69, 9.17) is 0 Å². The van der Waals surface area contributed by atoms with Gasteiger partial charge in [0, 0.05) is 16.7 Å². The van der Waals surface area contributed by atoms with Crippen molar-refractivity contribution in [1.29, 1.82) is 0 Å². The number of rotatable bonds is 1. The molecular weight excluding hydrogens is 355 g/mol. The molecule has 8 atom stereocenters. The Morgan fingerprint density at radius 1 is 1.22 bits per heavy atom. The van der Waals surface area contributed by atoms with Gasteiger partial charge in [-0.25, -0.2) is 9.18 Å². The number of carbonyl (C=O) groups excluding carboxylic acids is 1. The van der Waals surface area contributed by atoms with Crippen molar-refractivity contribution in [2.24, 2.45) is 22.7 Å². The lowest BCUT2D eigenvalue weighted by Gasteiger charge is -2.62. The quantitative estimate of drug-likeness (QED) is 0.542. The fourth-order valence-electron chi connectivity index (χ4n) is 6.61. The van der Waals surface area contributed by atoms with E-state index < -0.39 is 52.1 Å². The molecule has 0 saturated heterocycles. The van der Waals surface area contributed by atoms with Gasteiger partial charge in [-0.15, -0.1) is 0 Å². The molecule has 0 unspecified atom stereocenters. The molecule has 0 aromatic heterocycles. The third-order valence-corrected chi connectivity index (χ3v) is 8.19. The number of ketones is 1. The second-order valence-electron chi connectivity index (χ2n) is 9.09. The molecule has 0 spiro atoms. The first-order valence-electron chi connectivity index (χ1n) is 9.38. The first kappa shape index (κ1) is 18.8. The van der Waals surface area contributed by atoms with E-state index in [-0.39, 0.29) is 18.6 Å². The molecule has 0 aromatic carbocycles. The fourth-order valence-corrected chi connectivity index (χ4v) is 6.61. The van der Waals surface area contributed by atoms with Crippen LogP contribution in [-0.2, 0) is 9.59 Å². The molecule has 27 heavy (non-hydrogen) atoms. The van der Waals surface area contributed by atoms with E-state index in [0.717, 1.165) is 0 Å². The molecule has 3 saturated carbocycles. The number of aliphatic carboxylic acids is 1. The number of aliphatic hydroxyl groups excluding tert-OH is 2. The van der Waals surface area contributed by atoms with E-state index in [9.17, 15) is 30.0 Å². The van der Waals surface area contributed by atoms with Gasteiger partial charge in [0.05, 0.1) is 12.2 Å². The van der Waals surface area contributed by atoms with Gasteiger partial charge in [-0.1, -0.05) is 18.6 Å². The number of aliphatic hydroxyl groups is 3. The van der Waals surface area contributed by atoms with Gasteiger partial charge in [-0.3, -0.25) is 4.79 Å². The molecule has 0 aromatic rings. The Bertz CT molecular complexity index is 791. The highest BCUT2D eigenvalue weighted by atomic mass is 19.1. The van der Waals surface area contributed by atoms with Crippen LogP contribution in [0.3, 0.4) is 0 Å². The summed E-state index contributed by atoms with van der Waals surface area (Å²) in [7, 11) is 0. The Morgan fingerprint density at radius 2 is 1.89 bits per heavy atom. The van der Waals surface area contributed by atoms with Gasteiger partial charge in [-0.05, 0) is 50.7 Å². The number of fused-ring (bicyclic) bond motifs is 5. The van der Waals surface area contributed by atoms with E-state index in [0.29, 0.717) is 18.4 Å². The van der Waals surface area contributed by atoms with Crippen LogP contribution in [0.5, 0.6) is 0 Å². The SMILES string of the molecule is C[C@]12C=CC(=O)C=C1CC[C@H]1[C@@H]3C[C@@H](O)[C@](O)(C(=O)O)[C@@]3(C)C[C@H](O)[C@@]12F. The summed E-state index contributed by atoms with van der Waals surface area (Å²) in [6, 6.07) is 0. The van der Waals surface area contributed by atoms with Crippen LogP contribution in [-0.4, -0.2) is 55.7 Å². The predicted octanol–water partition coefficient (Wildman–Crippen LogP) is 1.14. The summed E-state index contributed by atoms with van der Waals surface area (Å²) in [5, 5.41) is 41.8. The smallest absolute Gasteiger partial charge is 0.339 e. The van der Waals surface area contributed by atoms with Gasteiger partial charge in [0.15, 0.2) is 17.1 Å². The van der Waals surface area contributed by atoms with Gasteiger partial charge in [-0.2, -0.15) is 0 Å². The van der Waals surface area contributed by atoms with Crippen LogP contribution < -0.4 is 0 Å². The molecule has 7 heteroatoms. The molecule has 4 aliphatic carbocycles. The van der Waals surface area contributed by atoms with E-state index >= 15 is 4.39 Å². The van der Waals surface area contributed by atoms with Gasteiger partial charge in [0.1, 0.15) is 0 Å². The highest BCUT2D eigenvalue weighted by Gasteiger charge is 2.76. The second-order valence-corrected chi connectivity index (χ2v) is 9.09.